The summed E-state index contributed by atoms with van der Waals surface area (Å²) in [6.07, 6.45) is 8.14. The summed E-state index contributed by atoms with van der Waals surface area (Å²) in [7, 11) is 0. The van der Waals surface area contributed by atoms with Crippen LogP contribution in [0.1, 0.15) is 31.4 Å². The Morgan fingerprint density at radius 3 is 2.64 bits per heavy atom. The summed E-state index contributed by atoms with van der Waals surface area (Å²) in [5.74, 6) is 0.323. The molecule has 2 aliphatic heterocycles. The van der Waals surface area contributed by atoms with Gasteiger partial charge in [-0.1, -0.05) is 36.4 Å². The summed E-state index contributed by atoms with van der Waals surface area (Å²) in [6, 6.07) is 12.1. The Bertz CT molecular complexity index is 1200. The van der Waals surface area contributed by atoms with Crippen molar-refractivity contribution in [3.63, 3.8) is 0 Å². The smallest absolute Gasteiger partial charge is 0.246 e. The van der Waals surface area contributed by atoms with Crippen LogP contribution in [0.25, 0.3) is 11.6 Å². The second kappa shape index (κ2) is 7.99. The highest BCUT2D eigenvalue weighted by atomic mass is 16.2. The van der Waals surface area contributed by atoms with E-state index in [-0.39, 0.29) is 5.91 Å². The van der Waals surface area contributed by atoms with Crippen molar-refractivity contribution in [2.75, 3.05) is 23.7 Å². The third kappa shape index (κ3) is 3.95. The van der Waals surface area contributed by atoms with E-state index in [1.807, 2.05) is 11.0 Å². The lowest BCUT2D eigenvalue weighted by Gasteiger charge is -2.17. The van der Waals surface area contributed by atoms with Crippen molar-refractivity contribution in [2.24, 2.45) is 17.3 Å². The summed E-state index contributed by atoms with van der Waals surface area (Å²) in [5, 5.41) is 5.43. The van der Waals surface area contributed by atoms with Crippen molar-refractivity contribution in [2.45, 2.75) is 20.3 Å². The maximum atomic E-state index is 12.8. The number of fused-ring (bicyclic) bond motifs is 2. The Balaban J connectivity index is 1.25. The van der Waals surface area contributed by atoms with Gasteiger partial charge in [-0.25, -0.2) is 4.98 Å². The van der Waals surface area contributed by atoms with Crippen molar-refractivity contribution in [1.29, 1.82) is 0 Å². The van der Waals surface area contributed by atoms with Crippen LogP contribution in [0, 0.1) is 17.3 Å². The molecule has 7 heteroatoms. The SMILES string of the molecule is CC1(C)C(=O)Nc2cc(C=CC(=O)N3CC4C=C(c5ccccc5)CC4C3)cnc2NC1=O. The molecule has 5 rings (SSSR count). The molecule has 0 bridgehead atoms. The molecule has 3 amide bonds. The molecule has 33 heavy (non-hydrogen) atoms. The van der Waals surface area contributed by atoms with E-state index in [1.165, 1.54) is 11.1 Å². The normalized spacial score (nSPS) is 23.5. The van der Waals surface area contributed by atoms with Crippen LogP contribution in [0.3, 0.4) is 0 Å². The van der Waals surface area contributed by atoms with E-state index in [0.717, 1.165) is 19.5 Å². The molecule has 2 unspecified atom stereocenters. The molecule has 168 valence electrons. The van der Waals surface area contributed by atoms with Crippen LogP contribution in [-0.4, -0.2) is 40.7 Å². The maximum absolute atomic E-state index is 12.8. The van der Waals surface area contributed by atoms with Crippen LogP contribution < -0.4 is 10.6 Å². The Morgan fingerprint density at radius 2 is 1.88 bits per heavy atom. The third-order valence-corrected chi connectivity index (χ3v) is 6.79. The third-order valence-electron chi connectivity index (χ3n) is 6.79. The van der Waals surface area contributed by atoms with Crippen molar-refractivity contribution < 1.29 is 14.4 Å². The number of allylic oxidation sites excluding steroid dienone is 1. The predicted octanol–water partition coefficient (Wildman–Crippen LogP) is 3.57. The summed E-state index contributed by atoms with van der Waals surface area (Å²) in [6.45, 7) is 4.60. The number of likely N-dealkylation sites (tertiary alicyclic amines) is 1. The fourth-order valence-corrected chi connectivity index (χ4v) is 4.64. The van der Waals surface area contributed by atoms with E-state index in [4.69, 9.17) is 0 Å². The summed E-state index contributed by atoms with van der Waals surface area (Å²) >= 11 is 0. The molecule has 2 N–H and O–H groups in total. The molecule has 1 aliphatic carbocycles. The van der Waals surface area contributed by atoms with E-state index < -0.39 is 17.2 Å². The van der Waals surface area contributed by atoms with Crippen LogP contribution >= 0.6 is 0 Å². The van der Waals surface area contributed by atoms with Gasteiger partial charge in [-0.3, -0.25) is 14.4 Å². The van der Waals surface area contributed by atoms with Gasteiger partial charge >= 0.3 is 0 Å². The van der Waals surface area contributed by atoms with Crippen LogP contribution in [0.15, 0.2) is 54.7 Å². The zero-order chi connectivity index (χ0) is 23.2. The number of hydrogen-bond donors (Lipinski definition) is 2. The number of hydrogen-bond acceptors (Lipinski definition) is 4. The number of anilines is 2. The molecule has 3 heterocycles. The Hall–Kier alpha value is -3.74. The topological polar surface area (TPSA) is 91.4 Å². The number of rotatable bonds is 3. The van der Waals surface area contributed by atoms with Gasteiger partial charge < -0.3 is 15.5 Å². The first-order chi connectivity index (χ1) is 15.8. The average molecular weight is 443 g/mol. The molecule has 1 aromatic heterocycles. The predicted molar refractivity (Wildman–Crippen MR) is 127 cm³/mol. The highest BCUT2D eigenvalue weighted by molar-refractivity contribution is 6.17. The summed E-state index contributed by atoms with van der Waals surface area (Å²) in [5.41, 5.74) is 2.54. The lowest BCUT2D eigenvalue weighted by atomic mass is 9.91. The molecule has 0 radical (unpaired) electrons. The molecule has 3 aliphatic rings. The largest absolute Gasteiger partial charge is 0.338 e. The minimum Gasteiger partial charge on any atom is -0.338 e. The Labute approximate surface area is 192 Å². The van der Waals surface area contributed by atoms with E-state index >= 15 is 0 Å². The zero-order valence-electron chi connectivity index (χ0n) is 18.7. The monoisotopic (exact) mass is 442 g/mol. The van der Waals surface area contributed by atoms with Gasteiger partial charge in [-0.05, 0) is 60.9 Å². The van der Waals surface area contributed by atoms with E-state index in [1.54, 1.807) is 38.3 Å². The van der Waals surface area contributed by atoms with Gasteiger partial charge in [-0.15, -0.1) is 0 Å². The number of carbonyl (C=O) groups is 3. The molecule has 0 spiro atoms. The molecule has 0 saturated carbocycles. The molecule has 1 fully saturated rings. The van der Waals surface area contributed by atoms with Crippen molar-refractivity contribution in [3.8, 4) is 0 Å². The van der Waals surface area contributed by atoms with Crippen LogP contribution in [0.5, 0.6) is 0 Å². The number of nitrogens with one attached hydrogen (secondary N) is 2. The van der Waals surface area contributed by atoms with Gasteiger partial charge in [0.05, 0.1) is 5.69 Å². The molecular formula is C26H26N4O3. The highest BCUT2D eigenvalue weighted by Gasteiger charge is 2.40. The van der Waals surface area contributed by atoms with Gasteiger partial charge in [0.2, 0.25) is 17.7 Å². The van der Waals surface area contributed by atoms with E-state index in [0.29, 0.717) is 28.9 Å². The lowest BCUT2D eigenvalue weighted by Crippen LogP contribution is -2.39. The number of carbonyl (C=O) groups excluding carboxylic acids is 3. The van der Waals surface area contributed by atoms with E-state index in [9.17, 15) is 14.4 Å². The molecule has 2 aromatic rings. The Kier molecular flexibility index (Phi) is 5.12. The van der Waals surface area contributed by atoms with Crippen molar-refractivity contribution in [3.05, 3.63) is 65.9 Å². The first-order valence-corrected chi connectivity index (χ1v) is 11.2. The number of pyridine rings is 1. The van der Waals surface area contributed by atoms with Crippen molar-refractivity contribution in [1.82, 2.24) is 9.88 Å². The minimum atomic E-state index is -1.20. The zero-order valence-corrected chi connectivity index (χ0v) is 18.7. The van der Waals surface area contributed by atoms with Crippen molar-refractivity contribution >= 4 is 40.9 Å². The van der Waals surface area contributed by atoms with Gasteiger partial charge in [0.15, 0.2) is 5.82 Å². The fraction of sp³-hybridized carbons (Fsp3) is 0.308. The highest BCUT2D eigenvalue weighted by Crippen LogP contribution is 2.41. The first-order valence-electron chi connectivity index (χ1n) is 11.2. The Morgan fingerprint density at radius 1 is 1.12 bits per heavy atom. The first kappa shape index (κ1) is 21.1. The average Bonchev–Trinajstić information content (AvgIpc) is 3.37. The minimum absolute atomic E-state index is 0.0347. The van der Waals surface area contributed by atoms with Gasteiger partial charge in [0.1, 0.15) is 5.41 Å². The molecule has 1 saturated heterocycles. The van der Waals surface area contributed by atoms with Gasteiger partial charge in [-0.2, -0.15) is 0 Å². The van der Waals surface area contributed by atoms with Gasteiger partial charge in [0, 0.05) is 25.4 Å². The van der Waals surface area contributed by atoms with Crippen LogP contribution in [0.4, 0.5) is 11.5 Å². The second-order valence-corrected chi connectivity index (χ2v) is 9.46. The number of aromatic nitrogens is 1. The number of nitrogens with zero attached hydrogens (tertiary/aromatic N) is 2. The van der Waals surface area contributed by atoms with Gasteiger partial charge in [0.25, 0.3) is 0 Å². The summed E-state index contributed by atoms with van der Waals surface area (Å²) < 4.78 is 0. The molecule has 1 aromatic carbocycles. The fourth-order valence-electron chi connectivity index (χ4n) is 4.64. The molecule has 2 atom stereocenters. The number of amides is 3. The van der Waals surface area contributed by atoms with Crippen LogP contribution in [-0.2, 0) is 14.4 Å². The molecule has 7 nitrogen and oxygen atoms in total. The second-order valence-electron chi connectivity index (χ2n) is 9.46. The van der Waals surface area contributed by atoms with E-state index in [2.05, 4.69) is 46.0 Å². The standard InChI is InChI=1S/C26H26N4O3/c1-26(2)24(32)28-21-10-16(13-27-23(21)29-25(26)33)8-9-22(31)30-14-19-11-18(12-20(19)15-30)17-6-4-3-5-7-17/h3-11,13,19-20H,12,14-15H2,1-2H3,(H,28,32)(H,27,29,33). The number of benzene rings is 1. The maximum Gasteiger partial charge on any atom is 0.246 e. The summed E-state index contributed by atoms with van der Waals surface area (Å²) in [4.78, 5) is 43.6. The lowest BCUT2D eigenvalue weighted by molar-refractivity contribution is -0.134. The molecular weight excluding hydrogens is 416 g/mol. The quantitative estimate of drug-likeness (QED) is 0.562. The van der Waals surface area contributed by atoms with Crippen LogP contribution in [0.2, 0.25) is 0 Å².